The smallest absolute Gasteiger partial charge is 0.153 e. The third kappa shape index (κ3) is 2.27. The van der Waals surface area contributed by atoms with Gasteiger partial charge < -0.3 is 0 Å². The molecule has 0 radical (unpaired) electrons. The van der Waals surface area contributed by atoms with Gasteiger partial charge in [0.25, 0.3) is 0 Å². The van der Waals surface area contributed by atoms with Crippen LogP contribution in [0.3, 0.4) is 0 Å². The second-order valence-electron chi connectivity index (χ2n) is 4.79. The summed E-state index contributed by atoms with van der Waals surface area (Å²) in [4.78, 5) is 11.4. The minimum atomic E-state index is 0.567. The lowest BCUT2D eigenvalue weighted by Gasteiger charge is -2.01. The van der Waals surface area contributed by atoms with Gasteiger partial charge in [-0.1, -0.05) is 18.2 Å². The Morgan fingerprint density at radius 1 is 1.24 bits per heavy atom. The van der Waals surface area contributed by atoms with Crippen LogP contribution in [-0.2, 0) is 6.54 Å². The summed E-state index contributed by atoms with van der Waals surface area (Å²) in [6.07, 6.45) is 4.36. The Bertz CT molecular complexity index is 771. The number of carbonyl (C=O) groups excluding carboxylic acids is 1. The van der Waals surface area contributed by atoms with E-state index >= 15 is 0 Å². The van der Waals surface area contributed by atoms with Gasteiger partial charge in [-0.3, -0.25) is 9.48 Å². The first-order chi connectivity index (χ1) is 10.2. The number of rotatable bonds is 4. The minimum absolute atomic E-state index is 0.567. The van der Waals surface area contributed by atoms with Gasteiger partial charge in [-0.25, -0.2) is 4.68 Å². The number of benzene rings is 1. The lowest BCUT2D eigenvalue weighted by atomic mass is 10.1. The van der Waals surface area contributed by atoms with Crippen LogP contribution in [0.1, 0.15) is 23.0 Å². The predicted octanol–water partition coefficient (Wildman–Crippen LogP) is 2.88. The van der Waals surface area contributed by atoms with Crippen molar-refractivity contribution in [2.24, 2.45) is 0 Å². The molecule has 0 bridgehead atoms. The summed E-state index contributed by atoms with van der Waals surface area (Å²) in [5.41, 5.74) is 4.07. The molecule has 0 N–H and O–H groups in total. The predicted molar refractivity (Wildman–Crippen MR) is 80.6 cm³/mol. The Balaban J connectivity index is 2.12. The molecule has 21 heavy (non-hydrogen) atoms. The number of hydrogen-bond acceptors (Lipinski definition) is 3. The third-order valence-corrected chi connectivity index (χ3v) is 3.55. The van der Waals surface area contributed by atoms with E-state index in [0.717, 1.165) is 29.8 Å². The molecule has 0 saturated heterocycles. The Morgan fingerprint density at radius 3 is 2.62 bits per heavy atom. The van der Waals surface area contributed by atoms with Crippen LogP contribution in [0, 0.1) is 6.92 Å². The van der Waals surface area contributed by atoms with Crippen molar-refractivity contribution in [3.63, 3.8) is 0 Å². The van der Waals surface area contributed by atoms with Gasteiger partial charge in [0.15, 0.2) is 6.29 Å². The van der Waals surface area contributed by atoms with E-state index in [1.165, 1.54) is 0 Å². The monoisotopic (exact) mass is 280 g/mol. The van der Waals surface area contributed by atoms with E-state index in [4.69, 9.17) is 0 Å². The third-order valence-electron chi connectivity index (χ3n) is 3.55. The maximum Gasteiger partial charge on any atom is 0.153 e. The first-order valence-corrected chi connectivity index (χ1v) is 6.87. The van der Waals surface area contributed by atoms with Crippen LogP contribution in [-0.4, -0.2) is 25.8 Å². The van der Waals surface area contributed by atoms with Crippen LogP contribution >= 0.6 is 0 Å². The topological polar surface area (TPSA) is 52.7 Å². The number of nitrogens with zero attached hydrogens (tertiary/aromatic N) is 4. The largest absolute Gasteiger partial charge is 0.298 e. The molecule has 0 fully saturated rings. The van der Waals surface area contributed by atoms with Gasteiger partial charge in [0.05, 0.1) is 17.4 Å². The summed E-state index contributed by atoms with van der Waals surface area (Å²) in [5.74, 6) is 0. The number of carbonyl (C=O) groups is 1. The van der Waals surface area contributed by atoms with Crippen molar-refractivity contribution in [3.8, 4) is 16.9 Å². The SMILES string of the molecule is CCn1ncc(-c2nn(-c3ccccc3)cc2C=O)c1C. The highest BCUT2D eigenvalue weighted by Crippen LogP contribution is 2.25. The van der Waals surface area contributed by atoms with Crippen molar-refractivity contribution >= 4 is 6.29 Å². The van der Waals surface area contributed by atoms with E-state index < -0.39 is 0 Å². The quantitative estimate of drug-likeness (QED) is 0.690. The van der Waals surface area contributed by atoms with Gasteiger partial charge in [-0.15, -0.1) is 0 Å². The van der Waals surface area contributed by atoms with Crippen LogP contribution in [0.15, 0.2) is 42.7 Å². The summed E-state index contributed by atoms with van der Waals surface area (Å²) < 4.78 is 3.62. The number of hydrogen-bond donors (Lipinski definition) is 0. The van der Waals surface area contributed by atoms with Crippen LogP contribution in [0.2, 0.25) is 0 Å². The molecular weight excluding hydrogens is 264 g/mol. The zero-order chi connectivity index (χ0) is 14.8. The van der Waals surface area contributed by atoms with Crippen molar-refractivity contribution in [1.82, 2.24) is 19.6 Å². The number of aromatic nitrogens is 4. The van der Waals surface area contributed by atoms with E-state index in [-0.39, 0.29) is 0 Å². The second-order valence-corrected chi connectivity index (χ2v) is 4.79. The fourth-order valence-electron chi connectivity index (χ4n) is 2.39. The Morgan fingerprint density at radius 2 is 2.00 bits per heavy atom. The van der Waals surface area contributed by atoms with Crippen molar-refractivity contribution in [2.75, 3.05) is 0 Å². The van der Waals surface area contributed by atoms with Crippen LogP contribution < -0.4 is 0 Å². The first-order valence-electron chi connectivity index (χ1n) is 6.87. The number of aryl methyl sites for hydroxylation is 1. The van der Waals surface area contributed by atoms with Gasteiger partial charge in [-0.2, -0.15) is 10.2 Å². The molecule has 0 unspecified atom stereocenters. The fourth-order valence-corrected chi connectivity index (χ4v) is 2.39. The zero-order valence-electron chi connectivity index (χ0n) is 12.0. The summed E-state index contributed by atoms with van der Waals surface area (Å²) in [7, 11) is 0. The molecule has 5 nitrogen and oxygen atoms in total. The zero-order valence-corrected chi connectivity index (χ0v) is 12.0. The Labute approximate surface area is 122 Å². The Kier molecular flexibility index (Phi) is 3.39. The molecule has 3 aromatic rings. The molecule has 0 amide bonds. The molecule has 0 spiro atoms. The molecular formula is C16H16N4O. The van der Waals surface area contributed by atoms with Gasteiger partial charge >= 0.3 is 0 Å². The molecule has 3 rings (SSSR count). The maximum atomic E-state index is 11.4. The van der Waals surface area contributed by atoms with E-state index in [9.17, 15) is 4.79 Å². The summed E-state index contributed by atoms with van der Waals surface area (Å²) in [6.45, 7) is 4.82. The standard InChI is InChI=1S/C16H16N4O/c1-3-19-12(2)15(9-17-19)16-13(11-21)10-20(18-16)14-7-5-4-6-8-14/h4-11H,3H2,1-2H3. The minimum Gasteiger partial charge on any atom is -0.298 e. The van der Waals surface area contributed by atoms with Crippen LogP contribution in [0.5, 0.6) is 0 Å². The maximum absolute atomic E-state index is 11.4. The first kappa shape index (κ1) is 13.3. The van der Waals surface area contributed by atoms with Gasteiger partial charge in [0, 0.05) is 24.0 Å². The van der Waals surface area contributed by atoms with E-state index in [1.54, 1.807) is 17.1 Å². The van der Waals surface area contributed by atoms with Gasteiger partial charge in [0.1, 0.15) is 5.69 Å². The van der Waals surface area contributed by atoms with Crippen LogP contribution in [0.4, 0.5) is 0 Å². The van der Waals surface area contributed by atoms with Crippen molar-refractivity contribution in [1.29, 1.82) is 0 Å². The van der Waals surface area contributed by atoms with E-state index in [1.807, 2.05) is 48.9 Å². The fraction of sp³-hybridized carbons (Fsp3) is 0.188. The molecule has 0 aliphatic heterocycles. The molecule has 2 heterocycles. The number of aldehydes is 1. The molecule has 106 valence electrons. The van der Waals surface area contributed by atoms with E-state index in [2.05, 4.69) is 10.2 Å². The molecule has 0 saturated carbocycles. The molecule has 0 atom stereocenters. The highest BCUT2D eigenvalue weighted by molar-refractivity contribution is 5.86. The van der Waals surface area contributed by atoms with Crippen molar-refractivity contribution in [2.45, 2.75) is 20.4 Å². The molecule has 2 aromatic heterocycles. The Hall–Kier alpha value is -2.69. The van der Waals surface area contributed by atoms with E-state index in [0.29, 0.717) is 11.3 Å². The number of para-hydroxylation sites is 1. The normalized spacial score (nSPS) is 10.8. The van der Waals surface area contributed by atoms with Crippen molar-refractivity contribution in [3.05, 3.63) is 54.0 Å². The average Bonchev–Trinajstić information content (AvgIpc) is 3.11. The van der Waals surface area contributed by atoms with Crippen LogP contribution in [0.25, 0.3) is 16.9 Å². The highest BCUT2D eigenvalue weighted by atomic mass is 16.1. The molecule has 0 aliphatic rings. The average molecular weight is 280 g/mol. The second kappa shape index (κ2) is 5.36. The lowest BCUT2D eigenvalue weighted by Crippen LogP contribution is -1.99. The lowest BCUT2D eigenvalue weighted by molar-refractivity contribution is 0.112. The summed E-state index contributed by atoms with van der Waals surface area (Å²) >= 11 is 0. The van der Waals surface area contributed by atoms with Gasteiger partial charge in [0.2, 0.25) is 0 Å². The van der Waals surface area contributed by atoms with Crippen molar-refractivity contribution < 1.29 is 4.79 Å². The molecule has 1 aromatic carbocycles. The highest BCUT2D eigenvalue weighted by Gasteiger charge is 2.16. The van der Waals surface area contributed by atoms with Gasteiger partial charge in [-0.05, 0) is 26.0 Å². The summed E-state index contributed by atoms with van der Waals surface area (Å²) in [6, 6.07) is 9.74. The molecule has 5 heteroatoms. The summed E-state index contributed by atoms with van der Waals surface area (Å²) in [5, 5.41) is 8.88. The molecule has 0 aliphatic carbocycles.